The first-order valence-electron chi connectivity index (χ1n) is 8.05. The van der Waals surface area contributed by atoms with Gasteiger partial charge in [0.2, 0.25) is 5.88 Å². The van der Waals surface area contributed by atoms with Gasteiger partial charge in [-0.05, 0) is 12.1 Å². The molecule has 1 aliphatic rings. The summed E-state index contributed by atoms with van der Waals surface area (Å²) in [5.74, 6) is -1.60. The molecule has 138 valence electrons. The minimum absolute atomic E-state index is 0.0391. The van der Waals surface area contributed by atoms with Crippen LogP contribution in [0.5, 0.6) is 11.6 Å². The molecular weight excluding hydrogens is 348 g/mol. The van der Waals surface area contributed by atoms with Crippen LogP contribution in [0.1, 0.15) is 12.8 Å². The Hall–Kier alpha value is -2.97. The zero-order valence-electron chi connectivity index (χ0n) is 14.0. The topological polar surface area (TPSA) is 73.7 Å². The third-order valence-electron chi connectivity index (χ3n) is 4.02. The number of aromatic nitrogens is 2. The number of rotatable bonds is 3. The molecule has 2 aromatic rings. The van der Waals surface area contributed by atoms with Crippen molar-refractivity contribution >= 4 is 6.09 Å². The van der Waals surface area contributed by atoms with Gasteiger partial charge in [0.1, 0.15) is 11.9 Å². The molecule has 1 amide bonds. The quantitative estimate of drug-likeness (QED) is 0.833. The Morgan fingerprint density at radius 3 is 2.54 bits per heavy atom. The summed E-state index contributed by atoms with van der Waals surface area (Å²) in [6, 6.07) is 5.97. The second-order valence-electron chi connectivity index (χ2n) is 5.88. The molecule has 0 unspecified atom stereocenters. The number of hydrogen-bond donors (Lipinski definition) is 0. The Bertz CT molecular complexity index is 863. The van der Waals surface area contributed by atoms with Gasteiger partial charge in [0, 0.05) is 51.2 Å². The van der Waals surface area contributed by atoms with Crippen molar-refractivity contribution in [3.8, 4) is 11.6 Å². The van der Waals surface area contributed by atoms with Crippen molar-refractivity contribution in [1.82, 2.24) is 14.7 Å². The van der Waals surface area contributed by atoms with E-state index in [4.69, 9.17) is 9.47 Å². The van der Waals surface area contributed by atoms with Gasteiger partial charge in [-0.15, -0.1) is 5.10 Å². The second-order valence-corrected chi connectivity index (χ2v) is 5.88. The van der Waals surface area contributed by atoms with Gasteiger partial charge < -0.3 is 14.4 Å². The van der Waals surface area contributed by atoms with E-state index in [1.807, 2.05) is 0 Å². The first kappa shape index (κ1) is 17.8. The maximum Gasteiger partial charge on any atom is 0.416 e. The Morgan fingerprint density at radius 1 is 1.15 bits per heavy atom. The molecule has 7 nitrogen and oxygen atoms in total. The maximum atomic E-state index is 13.2. The number of hydrogen-bond acceptors (Lipinski definition) is 5. The number of benzene rings is 1. The molecule has 0 saturated carbocycles. The molecule has 0 spiro atoms. The van der Waals surface area contributed by atoms with Crippen LogP contribution in [0.3, 0.4) is 0 Å². The van der Waals surface area contributed by atoms with Crippen molar-refractivity contribution in [2.75, 3.05) is 13.1 Å². The average molecular weight is 365 g/mol. The molecule has 2 heterocycles. The Balaban J connectivity index is 1.52. The van der Waals surface area contributed by atoms with E-state index in [0.29, 0.717) is 25.9 Å². The molecule has 0 atom stereocenters. The zero-order valence-corrected chi connectivity index (χ0v) is 14.0. The van der Waals surface area contributed by atoms with Gasteiger partial charge >= 0.3 is 6.09 Å². The molecule has 1 aromatic carbocycles. The number of carbonyl (C=O) groups excluding carboxylic acids is 1. The fraction of sp³-hybridized carbons (Fsp3) is 0.353. The number of amides is 1. The minimum atomic E-state index is -0.965. The molecule has 1 aromatic heterocycles. The smallest absolute Gasteiger partial charge is 0.416 e. The van der Waals surface area contributed by atoms with Gasteiger partial charge in [-0.2, -0.15) is 0 Å². The number of aryl methyl sites for hydroxylation is 1. The van der Waals surface area contributed by atoms with E-state index in [1.54, 1.807) is 0 Å². The van der Waals surface area contributed by atoms with Gasteiger partial charge in [-0.1, -0.05) is 0 Å². The normalized spacial score (nSPS) is 15.0. The average Bonchev–Trinajstić information content (AvgIpc) is 2.62. The molecule has 9 heteroatoms. The molecule has 1 saturated heterocycles. The monoisotopic (exact) mass is 365 g/mol. The fourth-order valence-corrected chi connectivity index (χ4v) is 2.59. The first-order chi connectivity index (χ1) is 12.4. The van der Waals surface area contributed by atoms with Gasteiger partial charge in [-0.3, -0.25) is 4.79 Å². The van der Waals surface area contributed by atoms with E-state index in [9.17, 15) is 18.4 Å². The highest BCUT2D eigenvalue weighted by atomic mass is 19.2. The second kappa shape index (κ2) is 7.51. The lowest BCUT2D eigenvalue weighted by Crippen LogP contribution is -2.43. The summed E-state index contributed by atoms with van der Waals surface area (Å²) in [5, 5.41) is 3.84. The summed E-state index contributed by atoms with van der Waals surface area (Å²) in [6.07, 6.45) is 0.269. The fourth-order valence-electron chi connectivity index (χ4n) is 2.59. The van der Waals surface area contributed by atoms with Crippen LogP contribution in [-0.4, -0.2) is 40.0 Å². The largest absolute Gasteiger partial charge is 0.490 e. The highest BCUT2D eigenvalue weighted by Crippen LogP contribution is 2.21. The molecular formula is C17H17F2N3O4. The van der Waals surface area contributed by atoms with Crippen molar-refractivity contribution in [3.05, 3.63) is 52.3 Å². The molecule has 0 radical (unpaired) electrons. The highest BCUT2D eigenvalue weighted by Gasteiger charge is 2.25. The van der Waals surface area contributed by atoms with E-state index < -0.39 is 17.7 Å². The Morgan fingerprint density at radius 2 is 1.88 bits per heavy atom. The molecule has 26 heavy (non-hydrogen) atoms. The first-order valence-corrected chi connectivity index (χ1v) is 8.05. The predicted octanol–water partition coefficient (Wildman–Crippen LogP) is 2.10. The van der Waals surface area contributed by atoms with Crippen LogP contribution < -0.4 is 15.0 Å². The van der Waals surface area contributed by atoms with E-state index in [2.05, 4.69) is 5.10 Å². The SMILES string of the molecule is Cn1nc(OC(=O)N2CCC(Oc3ccc(F)c(F)c3)CC2)ccc1=O. The lowest BCUT2D eigenvalue weighted by molar-refractivity contribution is 0.0917. The van der Waals surface area contributed by atoms with Gasteiger partial charge in [0.05, 0.1) is 0 Å². The van der Waals surface area contributed by atoms with Crippen molar-refractivity contribution < 1.29 is 23.0 Å². The van der Waals surface area contributed by atoms with Crippen LogP contribution in [0.2, 0.25) is 0 Å². The van der Waals surface area contributed by atoms with Gasteiger partial charge in [-0.25, -0.2) is 18.3 Å². The number of halogens is 2. The third kappa shape index (κ3) is 4.16. The summed E-state index contributed by atoms with van der Waals surface area (Å²) in [5.41, 5.74) is -0.306. The summed E-state index contributed by atoms with van der Waals surface area (Å²) in [6.45, 7) is 0.776. The van der Waals surface area contributed by atoms with Crippen molar-refractivity contribution in [2.24, 2.45) is 7.05 Å². The Labute approximate surface area is 147 Å². The zero-order chi connectivity index (χ0) is 18.7. The number of nitrogens with zero attached hydrogens (tertiary/aromatic N) is 3. The molecule has 1 aliphatic heterocycles. The minimum Gasteiger partial charge on any atom is -0.490 e. The number of ether oxygens (including phenoxy) is 2. The van der Waals surface area contributed by atoms with Gasteiger partial charge in [0.25, 0.3) is 5.56 Å². The van der Waals surface area contributed by atoms with Crippen LogP contribution in [0.4, 0.5) is 13.6 Å². The van der Waals surface area contributed by atoms with Crippen LogP contribution >= 0.6 is 0 Å². The van der Waals surface area contributed by atoms with Crippen LogP contribution in [0.15, 0.2) is 35.1 Å². The summed E-state index contributed by atoms with van der Waals surface area (Å²) >= 11 is 0. The van der Waals surface area contributed by atoms with E-state index in [1.165, 1.54) is 30.1 Å². The summed E-state index contributed by atoms with van der Waals surface area (Å²) in [4.78, 5) is 24.9. The van der Waals surface area contributed by atoms with Crippen molar-refractivity contribution in [2.45, 2.75) is 18.9 Å². The molecule has 0 N–H and O–H groups in total. The molecule has 0 bridgehead atoms. The lowest BCUT2D eigenvalue weighted by atomic mass is 10.1. The lowest BCUT2D eigenvalue weighted by Gasteiger charge is -2.31. The van der Waals surface area contributed by atoms with Crippen molar-refractivity contribution in [1.29, 1.82) is 0 Å². The summed E-state index contributed by atoms with van der Waals surface area (Å²) in [7, 11) is 1.46. The number of carbonyl (C=O) groups is 1. The van der Waals surface area contributed by atoms with E-state index in [0.717, 1.165) is 16.8 Å². The summed E-state index contributed by atoms with van der Waals surface area (Å²) < 4.78 is 38.0. The van der Waals surface area contributed by atoms with Crippen molar-refractivity contribution in [3.63, 3.8) is 0 Å². The molecule has 3 rings (SSSR count). The number of likely N-dealkylation sites (tertiary alicyclic amines) is 1. The van der Waals surface area contributed by atoms with E-state index in [-0.39, 0.29) is 23.3 Å². The third-order valence-corrected chi connectivity index (χ3v) is 4.02. The van der Waals surface area contributed by atoms with Crippen LogP contribution in [0, 0.1) is 11.6 Å². The number of piperidine rings is 1. The van der Waals surface area contributed by atoms with E-state index >= 15 is 0 Å². The van der Waals surface area contributed by atoms with Crippen LogP contribution in [0.25, 0.3) is 0 Å². The molecule has 1 fully saturated rings. The molecule has 0 aliphatic carbocycles. The maximum absolute atomic E-state index is 13.2. The highest BCUT2D eigenvalue weighted by molar-refractivity contribution is 5.70. The van der Waals surface area contributed by atoms with Gasteiger partial charge in [0.15, 0.2) is 11.6 Å². The van der Waals surface area contributed by atoms with Crippen LogP contribution in [-0.2, 0) is 7.05 Å². The Kier molecular flexibility index (Phi) is 5.15. The predicted molar refractivity (Wildman–Crippen MR) is 87.1 cm³/mol. The standard InChI is InChI=1S/C17H17F2N3O4/c1-21-16(23)5-4-15(20-21)26-17(24)22-8-6-11(7-9-22)25-12-2-3-13(18)14(19)10-12/h2-5,10-11H,6-9H2,1H3.